The van der Waals surface area contributed by atoms with Crippen LogP contribution in [0.5, 0.6) is 0 Å². The standard InChI is InChI=1S/C19H19BrN4/c20-17-8-4-7-15(12-17)11-16-13-23-19(24-18(16)21)22-10-9-14-5-2-1-3-6-14/h1-8,12-13H,9-11H2,(H3,21,22,23,24). The third-order valence-corrected chi connectivity index (χ3v) is 4.21. The molecule has 0 aliphatic carbocycles. The van der Waals surface area contributed by atoms with E-state index in [1.54, 1.807) is 6.20 Å². The first-order valence-corrected chi connectivity index (χ1v) is 8.63. The van der Waals surface area contributed by atoms with E-state index >= 15 is 0 Å². The Balaban J connectivity index is 1.60. The van der Waals surface area contributed by atoms with E-state index in [9.17, 15) is 0 Å². The molecule has 0 saturated heterocycles. The predicted molar refractivity (Wildman–Crippen MR) is 102 cm³/mol. The highest BCUT2D eigenvalue weighted by molar-refractivity contribution is 9.10. The molecule has 2 aromatic carbocycles. The molecule has 3 rings (SSSR count). The molecule has 5 heteroatoms. The number of nitrogens with zero attached hydrogens (tertiary/aromatic N) is 2. The summed E-state index contributed by atoms with van der Waals surface area (Å²) in [5.41, 5.74) is 9.47. The Kier molecular flexibility index (Phi) is 5.43. The van der Waals surface area contributed by atoms with Gasteiger partial charge in [0.25, 0.3) is 0 Å². The molecule has 0 aliphatic heterocycles. The number of nitrogens with one attached hydrogen (secondary N) is 1. The van der Waals surface area contributed by atoms with Crippen LogP contribution in [0.15, 0.2) is 65.3 Å². The van der Waals surface area contributed by atoms with Crippen molar-refractivity contribution in [2.45, 2.75) is 12.8 Å². The van der Waals surface area contributed by atoms with E-state index in [0.29, 0.717) is 11.8 Å². The van der Waals surface area contributed by atoms with Crippen molar-refractivity contribution in [1.82, 2.24) is 9.97 Å². The van der Waals surface area contributed by atoms with Crippen molar-refractivity contribution >= 4 is 27.7 Å². The molecule has 4 nitrogen and oxygen atoms in total. The van der Waals surface area contributed by atoms with Crippen molar-refractivity contribution in [1.29, 1.82) is 0 Å². The lowest BCUT2D eigenvalue weighted by Crippen LogP contribution is -2.10. The predicted octanol–water partition coefficient (Wildman–Crippen LogP) is 4.07. The third kappa shape index (κ3) is 4.55. The van der Waals surface area contributed by atoms with Gasteiger partial charge in [0.1, 0.15) is 5.82 Å². The zero-order chi connectivity index (χ0) is 16.8. The minimum absolute atomic E-state index is 0.521. The first-order chi connectivity index (χ1) is 11.7. The van der Waals surface area contributed by atoms with Gasteiger partial charge in [0.05, 0.1) is 0 Å². The average Bonchev–Trinajstić information content (AvgIpc) is 2.58. The Bertz CT molecular complexity index is 805. The van der Waals surface area contributed by atoms with Crippen LogP contribution >= 0.6 is 15.9 Å². The number of benzene rings is 2. The summed E-state index contributed by atoms with van der Waals surface area (Å²) in [7, 11) is 0. The second-order valence-corrected chi connectivity index (χ2v) is 6.49. The molecule has 0 aliphatic rings. The van der Waals surface area contributed by atoms with Crippen LogP contribution in [-0.2, 0) is 12.8 Å². The zero-order valence-corrected chi connectivity index (χ0v) is 14.8. The zero-order valence-electron chi connectivity index (χ0n) is 13.2. The molecule has 122 valence electrons. The Morgan fingerprint density at radius 3 is 2.54 bits per heavy atom. The van der Waals surface area contributed by atoms with Gasteiger partial charge < -0.3 is 11.1 Å². The highest BCUT2D eigenvalue weighted by Gasteiger charge is 2.06. The fourth-order valence-corrected chi connectivity index (χ4v) is 2.92. The topological polar surface area (TPSA) is 63.8 Å². The number of hydrogen-bond donors (Lipinski definition) is 2. The summed E-state index contributed by atoms with van der Waals surface area (Å²) in [6, 6.07) is 18.5. The molecular formula is C19H19BrN4. The maximum absolute atomic E-state index is 6.09. The number of halogens is 1. The van der Waals surface area contributed by atoms with E-state index in [-0.39, 0.29) is 0 Å². The highest BCUT2D eigenvalue weighted by atomic mass is 79.9. The van der Waals surface area contributed by atoms with Gasteiger partial charge >= 0.3 is 0 Å². The minimum Gasteiger partial charge on any atom is -0.383 e. The second kappa shape index (κ2) is 7.93. The Labute approximate surface area is 150 Å². The third-order valence-electron chi connectivity index (χ3n) is 3.72. The van der Waals surface area contributed by atoms with E-state index in [0.717, 1.165) is 29.4 Å². The summed E-state index contributed by atoms with van der Waals surface area (Å²) in [5.74, 6) is 1.09. The molecule has 0 bridgehead atoms. The van der Waals surface area contributed by atoms with Crippen LogP contribution < -0.4 is 11.1 Å². The van der Waals surface area contributed by atoms with Gasteiger partial charge in [0.2, 0.25) is 5.95 Å². The van der Waals surface area contributed by atoms with Gasteiger partial charge in [-0.1, -0.05) is 58.4 Å². The van der Waals surface area contributed by atoms with Gasteiger partial charge in [-0.2, -0.15) is 4.98 Å². The molecule has 0 spiro atoms. The second-order valence-electron chi connectivity index (χ2n) is 5.57. The fraction of sp³-hybridized carbons (Fsp3) is 0.158. The largest absolute Gasteiger partial charge is 0.383 e. The number of nitrogen functional groups attached to an aromatic ring is 1. The van der Waals surface area contributed by atoms with Crippen molar-refractivity contribution in [2.24, 2.45) is 0 Å². The lowest BCUT2D eigenvalue weighted by Gasteiger charge is -2.09. The maximum atomic E-state index is 6.09. The van der Waals surface area contributed by atoms with Crippen LogP contribution in [0.25, 0.3) is 0 Å². The Morgan fingerprint density at radius 2 is 1.79 bits per heavy atom. The quantitative estimate of drug-likeness (QED) is 0.674. The normalized spacial score (nSPS) is 10.5. The molecule has 0 fully saturated rings. The van der Waals surface area contributed by atoms with E-state index in [2.05, 4.69) is 55.5 Å². The smallest absolute Gasteiger partial charge is 0.224 e. The summed E-state index contributed by atoms with van der Waals surface area (Å²) in [5, 5.41) is 3.22. The molecular weight excluding hydrogens is 364 g/mol. The van der Waals surface area contributed by atoms with Crippen LogP contribution in [0.2, 0.25) is 0 Å². The Hall–Kier alpha value is -2.40. The molecule has 0 atom stereocenters. The highest BCUT2D eigenvalue weighted by Crippen LogP contribution is 2.18. The summed E-state index contributed by atoms with van der Waals surface area (Å²) in [4.78, 5) is 8.74. The molecule has 1 aromatic heterocycles. The maximum Gasteiger partial charge on any atom is 0.224 e. The van der Waals surface area contributed by atoms with Crippen molar-refractivity contribution in [2.75, 3.05) is 17.6 Å². The van der Waals surface area contributed by atoms with E-state index in [1.165, 1.54) is 11.1 Å². The van der Waals surface area contributed by atoms with Crippen LogP contribution in [0.1, 0.15) is 16.7 Å². The molecule has 3 N–H and O–H groups in total. The van der Waals surface area contributed by atoms with Crippen molar-refractivity contribution in [3.63, 3.8) is 0 Å². The lowest BCUT2D eigenvalue weighted by atomic mass is 10.1. The van der Waals surface area contributed by atoms with Crippen LogP contribution in [-0.4, -0.2) is 16.5 Å². The summed E-state index contributed by atoms with van der Waals surface area (Å²) in [6.45, 7) is 0.772. The monoisotopic (exact) mass is 382 g/mol. The molecule has 24 heavy (non-hydrogen) atoms. The van der Waals surface area contributed by atoms with Gasteiger partial charge in [-0.3, -0.25) is 0 Å². The van der Waals surface area contributed by atoms with E-state index in [1.807, 2.05) is 30.3 Å². The lowest BCUT2D eigenvalue weighted by molar-refractivity contribution is 0.977. The fourth-order valence-electron chi connectivity index (χ4n) is 2.47. The SMILES string of the molecule is Nc1nc(NCCc2ccccc2)ncc1Cc1cccc(Br)c1. The van der Waals surface area contributed by atoms with Gasteiger partial charge in [0.15, 0.2) is 0 Å². The van der Waals surface area contributed by atoms with Crippen molar-refractivity contribution in [3.8, 4) is 0 Å². The van der Waals surface area contributed by atoms with E-state index in [4.69, 9.17) is 5.73 Å². The molecule has 0 saturated carbocycles. The number of rotatable bonds is 6. The minimum atomic E-state index is 0.521. The molecule has 3 aromatic rings. The first kappa shape index (κ1) is 16.5. The van der Waals surface area contributed by atoms with Gasteiger partial charge in [-0.05, 0) is 29.7 Å². The number of aromatic nitrogens is 2. The van der Waals surface area contributed by atoms with Crippen LogP contribution in [0.3, 0.4) is 0 Å². The molecule has 1 heterocycles. The van der Waals surface area contributed by atoms with E-state index < -0.39 is 0 Å². The summed E-state index contributed by atoms with van der Waals surface area (Å²) < 4.78 is 1.05. The van der Waals surface area contributed by atoms with Gasteiger partial charge in [-0.25, -0.2) is 4.98 Å². The van der Waals surface area contributed by atoms with Crippen LogP contribution in [0.4, 0.5) is 11.8 Å². The number of anilines is 2. The number of nitrogens with two attached hydrogens (primary N) is 1. The van der Waals surface area contributed by atoms with Gasteiger partial charge in [-0.15, -0.1) is 0 Å². The molecule has 0 amide bonds. The molecule has 0 unspecified atom stereocenters. The summed E-state index contributed by atoms with van der Waals surface area (Å²) >= 11 is 3.48. The summed E-state index contributed by atoms with van der Waals surface area (Å²) in [6.07, 6.45) is 3.44. The molecule has 0 radical (unpaired) electrons. The van der Waals surface area contributed by atoms with Crippen molar-refractivity contribution < 1.29 is 0 Å². The first-order valence-electron chi connectivity index (χ1n) is 7.84. The Morgan fingerprint density at radius 1 is 1.00 bits per heavy atom. The van der Waals surface area contributed by atoms with Crippen molar-refractivity contribution in [3.05, 3.63) is 82.0 Å². The average molecular weight is 383 g/mol. The van der Waals surface area contributed by atoms with Crippen LogP contribution in [0, 0.1) is 0 Å². The van der Waals surface area contributed by atoms with Gasteiger partial charge in [0, 0.05) is 29.2 Å². The number of hydrogen-bond acceptors (Lipinski definition) is 4.